The van der Waals surface area contributed by atoms with Crippen LogP contribution in [0.5, 0.6) is 0 Å². The molecule has 0 unspecified atom stereocenters. The van der Waals surface area contributed by atoms with Crippen molar-refractivity contribution in [2.24, 2.45) is 0 Å². The van der Waals surface area contributed by atoms with Crippen molar-refractivity contribution >= 4 is 40.6 Å². The minimum Gasteiger partial charge on any atom is -0.320 e. The zero-order valence-electron chi connectivity index (χ0n) is 11.7. The molecule has 0 aliphatic heterocycles. The van der Waals surface area contributed by atoms with Crippen LogP contribution in [0.15, 0.2) is 23.4 Å². The van der Waals surface area contributed by atoms with Gasteiger partial charge in [0.05, 0.1) is 16.7 Å². The van der Waals surface area contributed by atoms with Crippen LogP contribution < -0.4 is 5.32 Å². The van der Waals surface area contributed by atoms with Crippen molar-refractivity contribution in [1.82, 2.24) is 20.2 Å². The molecule has 2 aromatic rings. The van der Waals surface area contributed by atoms with Crippen molar-refractivity contribution in [2.75, 3.05) is 11.1 Å². The number of hydrogen-bond donors (Lipinski definition) is 1. The largest absolute Gasteiger partial charge is 0.320 e. The van der Waals surface area contributed by atoms with Crippen molar-refractivity contribution in [1.29, 1.82) is 0 Å². The van der Waals surface area contributed by atoms with Gasteiger partial charge in [-0.05, 0) is 35.4 Å². The summed E-state index contributed by atoms with van der Waals surface area (Å²) in [5, 5.41) is 25.6. The second kappa shape index (κ2) is 6.50. The van der Waals surface area contributed by atoms with Crippen LogP contribution in [0.25, 0.3) is 0 Å². The standard InChI is InChI=1S/C12H11ClN6O3S/c13-7-1-4-9(10(5-7)19(21)22)14-11(20)6-23-12-15-16-17-18(12)8-2-3-8/h1,4-5,8H,2-3,6H2,(H,14,20). The summed E-state index contributed by atoms with van der Waals surface area (Å²) in [4.78, 5) is 22.4. The topological polar surface area (TPSA) is 116 Å². The second-order valence-corrected chi connectivity index (χ2v) is 6.27. The number of carbonyl (C=O) groups is 1. The maximum Gasteiger partial charge on any atom is 0.294 e. The number of hydrogen-bond acceptors (Lipinski definition) is 7. The van der Waals surface area contributed by atoms with Crippen molar-refractivity contribution in [3.63, 3.8) is 0 Å². The first-order chi connectivity index (χ1) is 11.0. The van der Waals surface area contributed by atoms with Crippen LogP contribution in [0.1, 0.15) is 18.9 Å². The Morgan fingerprint density at radius 3 is 3.00 bits per heavy atom. The van der Waals surface area contributed by atoms with Gasteiger partial charge in [0, 0.05) is 11.1 Å². The van der Waals surface area contributed by atoms with Gasteiger partial charge in [0.1, 0.15) is 5.69 Å². The van der Waals surface area contributed by atoms with Crippen molar-refractivity contribution in [2.45, 2.75) is 24.0 Å². The Morgan fingerprint density at radius 2 is 2.30 bits per heavy atom. The number of nitro benzene ring substituents is 1. The van der Waals surface area contributed by atoms with E-state index in [0.717, 1.165) is 12.8 Å². The van der Waals surface area contributed by atoms with E-state index in [1.807, 2.05) is 0 Å². The van der Waals surface area contributed by atoms with Gasteiger partial charge in [0.15, 0.2) is 0 Å². The van der Waals surface area contributed by atoms with Crippen LogP contribution in [0, 0.1) is 10.1 Å². The molecule has 1 saturated carbocycles. The average Bonchev–Trinajstić information content (AvgIpc) is 3.25. The Morgan fingerprint density at radius 1 is 1.52 bits per heavy atom. The molecule has 0 bridgehead atoms. The van der Waals surface area contributed by atoms with E-state index in [2.05, 4.69) is 20.8 Å². The van der Waals surface area contributed by atoms with E-state index in [9.17, 15) is 14.9 Å². The molecule has 0 saturated heterocycles. The minimum atomic E-state index is -0.595. The Balaban J connectivity index is 1.63. The van der Waals surface area contributed by atoms with Gasteiger partial charge in [0.2, 0.25) is 11.1 Å². The van der Waals surface area contributed by atoms with Crippen LogP contribution in [0.3, 0.4) is 0 Å². The summed E-state index contributed by atoms with van der Waals surface area (Å²) in [6, 6.07) is 4.38. The fraction of sp³-hybridized carbons (Fsp3) is 0.333. The maximum absolute atomic E-state index is 12.0. The fourth-order valence-corrected chi connectivity index (χ4v) is 2.82. The second-order valence-electron chi connectivity index (χ2n) is 4.89. The van der Waals surface area contributed by atoms with E-state index in [4.69, 9.17) is 11.6 Å². The van der Waals surface area contributed by atoms with Crippen LogP contribution >= 0.6 is 23.4 Å². The van der Waals surface area contributed by atoms with E-state index >= 15 is 0 Å². The Bertz CT molecular complexity index is 763. The minimum absolute atomic E-state index is 0.0485. The summed E-state index contributed by atoms with van der Waals surface area (Å²) in [5.74, 6) is -0.335. The van der Waals surface area contributed by atoms with Crippen LogP contribution in [0.4, 0.5) is 11.4 Å². The molecule has 1 aromatic carbocycles. The van der Waals surface area contributed by atoms with E-state index in [-0.39, 0.29) is 28.1 Å². The zero-order valence-corrected chi connectivity index (χ0v) is 13.3. The predicted molar refractivity (Wildman–Crippen MR) is 83.5 cm³/mol. The SMILES string of the molecule is O=C(CSc1nnnn1C1CC1)Nc1ccc(Cl)cc1[N+](=O)[O-]. The molecule has 1 amide bonds. The maximum atomic E-state index is 12.0. The van der Waals surface area contributed by atoms with Gasteiger partial charge in [-0.1, -0.05) is 23.4 Å². The summed E-state index contributed by atoms with van der Waals surface area (Å²) in [5.41, 5.74) is -0.148. The summed E-state index contributed by atoms with van der Waals surface area (Å²) in [6.07, 6.45) is 2.06. The molecule has 0 radical (unpaired) electrons. The number of rotatable bonds is 6. The van der Waals surface area contributed by atoms with E-state index in [0.29, 0.717) is 11.2 Å². The van der Waals surface area contributed by atoms with Crippen LogP contribution in [-0.4, -0.2) is 36.8 Å². The van der Waals surface area contributed by atoms with Crippen LogP contribution in [0.2, 0.25) is 5.02 Å². The monoisotopic (exact) mass is 354 g/mol. The first kappa shape index (κ1) is 15.7. The predicted octanol–water partition coefficient (Wildman–Crippen LogP) is 2.30. The van der Waals surface area contributed by atoms with E-state index < -0.39 is 4.92 Å². The first-order valence-electron chi connectivity index (χ1n) is 6.69. The number of benzene rings is 1. The zero-order chi connectivity index (χ0) is 16.4. The van der Waals surface area contributed by atoms with Gasteiger partial charge in [-0.3, -0.25) is 14.9 Å². The number of anilines is 1. The van der Waals surface area contributed by atoms with Gasteiger partial charge in [-0.25, -0.2) is 4.68 Å². The van der Waals surface area contributed by atoms with Gasteiger partial charge in [-0.2, -0.15) is 0 Å². The molecular formula is C12H11ClN6O3S. The number of nitrogens with zero attached hydrogens (tertiary/aromatic N) is 5. The van der Waals surface area contributed by atoms with Crippen molar-refractivity contribution < 1.29 is 9.72 Å². The number of tetrazole rings is 1. The highest BCUT2D eigenvalue weighted by Gasteiger charge is 2.28. The normalized spacial score (nSPS) is 13.8. The van der Waals surface area contributed by atoms with Gasteiger partial charge >= 0.3 is 0 Å². The lowest BCUT2D eigenvalue weighted by Gasteiger charge is -2.06. The Kier molecular flexibility index (Phi) is 4.44. The fourth-order valence-electron chi connectivity index (χ4n) is 1.91. The van der Waals surface area contributed by atoms with Gasteiger partial charge in [-0.15, -0.1) is 5.10 Å². The van der Waals surface area contributed by atoms with Crippen molar-refractivity contribution in [3.05, 3.63) is 33.3 Å². The van der Waals surface area contributed by atoms with E-state index in [1.165, 1.54) is 30.0 Å². The Hall–Kier alpha value is -2.20. The highest BCUT2D eigenvalue weighted by Crippen LogP contribution is 2.36. The molecule has 3 rings (SSSR count). The number of amides is 1. The Labute approximate surface area is 139 Å². The number of thioether (sulfide) groups is 1. The number of aromatic nitrogens is 4. The molecule has 0 atom stereocenters. The van der Waals surface area contributed by atoms with Crippen molar-refractivity contribution in [3.8, 4) is 0 Å². The molecular weight excluding hydrogens is 344 g/mol. The summed E-state index contributed by atoms with van der Waals surface area (Å²) >= 11 is 6.92. The molecule has 11 heteroatoms. The molecule has 1 aliphatic rings. The van der Waals surface area contributed by atoms with Gasteiger partial charge in [0.25, 0.3) is 5.69 Å². The average molecular weight is 355 g/mol. The molecule has 9 nitrogen and oxygen atoms in total. The third kappa shape index (κ3) is 3.77. The van der Waals surface area contributed by atoms with Crippen LogP contribution in [-0.2, 0) is 4.79 Å². The summed E-state index contributed by atoms with van der Waals surface area (Å²) in [6.45, 7) is 0. The number of carbonyl (C=O) groups excluding carboxylic acids is 1. The summed E-state index contributed by atoms with van der Waals surface area (Å²) < 4.78 is 1.70. The van der Waals surface area contributed by atoms with Gasteiger partial charge < -0.3 is 5.32 Å². The molecule has 0 spiro atoms. The molecule has 1 aromatic heterocycles. The molecule has 120 valence electrons. The molecule has 1 fully saturated rings. The number of halogens is 1. The third-order valence-electron chi connectivity index (χ3n) is 3.12. The quantitative estimate of drug-likeness (QED) is 0.480. The first-order valence-corrected chi connectivity index (χ1v) is 8.05. The summed E-state index contributed by atoms with van der Waals surface area (Å²) in [7, 11) is 0. The lowest BCUT2D eigenvalue weighted by Crippen LogP contribution is -2.15. The smallest absolute Gasteiger partial charge is 0.294 e. The molecule has 1 heterocycles. The lowest BCUT2D eigenvalue weighted by atomic mass is 10.2. The third-order valence-corrected chi connectivity index (χ3v) is 4.29. The number of nitrogens with one attached hydrogen (secondary N) is 1. The highest BCUT2D eigenvalue weighted by atomic mass is 35.5. The number of nitro groups is 1. The lowest BCUT2D eigenvalue weighted by molar-refractivity contribution is -0.383. The highest BCUT2D eigenvalue weighted by molar-refractivity contribution is 7.99. The molecule has 1 N–H and O–H groups in total. The molecule has 1 aliphatic carbocycles. The van der Waals surface area contributed by atoms with E-state index in [1.54, 1.807) is 4.68 Å². The molecule has 23 heavy (non-hydrogen) atoms.